The second-order valence-corrected chi connectivity index (χ2v) is 7.68. The van der Waals surface area contributed by atoms with Crippen LogP contribution in [0.15, 0.2) is 36.4 Å². The largest absolute Gasteiger partial charge is 0.477 e. The smallest absolute Gasteiger partial charge is 0.345 e. The van der Waals surface area contributed by atoms with Gasteiger partial charge in [0, 0.05) is 10.4 Å². The first kappa shape index (κ1) is 18.1. The average molecular weight is 364 g/mol. The molecule has 3 rings (SSSR count). The molecule has 1 N–H and O–H groups in total. The highest BCUT2D eigenvalue weighted by molar-refractivity contribution is 7.17. The summed E-state index contributed by atoms with van der Waals surface area (Å²) in [5, 5.41) is 9.16. The van der Waals surface area contributed by atoms with Crippen molar-refractivity contribution >= 4 is 23.6 Å². The van der Waals surface area contributed by atoms with Crippen LogP contribution < -0.4 is 0 Å². The zero-order valence-corrected chi connectivity index (χ0v) is 16.0. The molecule has 3 aromatic rings. The standard InChI is InChI=1S/C22H20O3S/c1-12-7-16(8-13(2)18(12)11-23)17-9-14(3)21(15(4)10-17)19-5-6-20(26-19)22(24)25/h5-11H,1-4H3,(H,24,25). The molecule has 1 heterocycles. The molecule has 0 saturated carbocycles. The quantitative estimate of drug-likeness (QED) is 0.593. The average Bonchev–Trinajstić information content (AvgIpc) is 3.03. The minimum atomic E-state index is -0.894. The van der Waals surface area contributed by atoms with Crippen molar-refractivity contribution < 1.29 is 14.7 Å². The van der Waals surface area contributed by atoms with E-state index >= 15 is 0 Å². The Hall–Kier alpha value is -2.72. The van der Waals surface area contributed by atoms with Crippen LogP contribution in [-0.2, 0) is 0 Å². The normalized spacial score (nSPS) is 10.8. The number of carbonyl (C=O) groups excluding carboxylic acids is 1. The van der Waals surface area contributed by atoms with Gasteiger partial charge in [-0.05, 0) is 78.8 Å². The van der Waals surface area contributed by atoms with Gasteiger partial charge in [-0.15, -0.1) is 11.3 Å². The highest BCUT2D eigenvalue weighted by atomic mass is 32.1. The van der Waals surface area contributed by atoms with E-state index < -0.39 is 5.97 Å². The van der Waals surface area contributed by atoms with Crippen LogP contribution in [0.5, 0.6) is 0 Å². The maximum atomic E-state index is 11.2. The first-order valence-electron chi connectivity index (χ1n) is 8.33. The van der Waals surface area contributed by atoms with Crippen LogP contribution in [0.1, 0.15) is 42.3 Å². The molecule has 0 aliphatic rings. The molecule has 0 unspecified atom stereocenters. The minimum absolute atomic E-state index is 0.346. The molecule has 0 aliphatic heterocycles. The molecule has 4 heteroatoms. The van der Waals surface area contributed by atoms with Gasteiger partial charge in [-0.25, -0.2) is 4.79 Å². The summed E-state index contributed by atoms with van der Waals surface area (Å²) in [5.74, 6) is -0.894. The van der Waals surface area contributed by atoms with E-state index in [-0.39, 0.29) is 0 Å². The number of aldehydes is 1. The molecule has 1 aromatic heterocycles. The number of aryl methyl sites for hydroxylation is 4. The molecule has 0 amide bonds. The molecule has 2 aromatic carbocycles. The number of thiophene rings is 1. The lowest BCUT2D eigenvalue weighted by Gasteiger charge is -2.14. The fourth-order valence-electron chi connectivity index (χ4n) is 3.43. The maximum absolute atomic E-state index is 11.2. The zero-order valence-electron chi connectivity index (χ0n) is 15.2. The van der Waals surface area contributed by atoms with E-state index in [4.69, 9.17) is 5.11 Å². The van der Waals surface area contributed by atoms with Gasteiger partial charge in [-0.1, -0.05) is 24.3 Å². The van der Waals surface area contributed by atoms with E-state index in [2.05, 4.69) is 12.1 Å². The van der Waals surface area contributed by atoms with Gasteiger partial charge in [0.25, 0.3) is 0 Å². The first-order chi connectivity index (χ1) is 12.3. The Morgan fingerprint density at radius 2 is 1.38 bits per heavy atom. The van der Waals surface area contributed by atoms with Crippen molar-refractivity contribution in [3.8, 4) is 21.6 Å². The van der Waals surface area contributed by atoms with Gasteiger partial charge in [0.1, 0.15) is 4.88 Å². The summed E-state index contributed by atoms with van der Waals surface area (Å²) in [7, 11) is 0. The summed E-state index contributed by atoms with van der Waals surface area (Å²) in [4.78, 5) is 23.7. The number of rotatable bonds is 4. The summed E-state index contributed by atoms with van der Waals surface area (Å²) in [6.07, 6.45) is 0.908. The van der Waals surface area contributed by atoms with Crippen LogP contribution in [-0.4, -0.2) is 17.4 Å². The molecule has 0 fully saturated rings. The number of carboxylic acid groups (broad SMARTS) is 1. The molecule has 0 aliphatic carbocycles. The summed E-state index contributed by atoms with van der Waals surface area (Å²) >= 11 is 1.30. The summed E-state index contributed by atoms with van der Waals surface area (Å²) in [5.41, 5.74) is 8.17. The minimum Gasteiger partial charge on any atom is -0.477 e. The summed E-state index contributed by atoms with van der Waals surface area (Å²) < 4.78 is 0. The van der Waals surface area contributed by atoms with Gasteiger partial charge >= 0.3 is 5.97 Å². The third-order valence-electron chi connectivity index (χ3n) is 4.64. The Kier molecular flexibility index (Phi) is 4.79. The molecule has 0 spiro atoms. The Morgan fingerprint density at radius 1 is 0.885 bits per heavy atom. The van der Waals surface area contributed by atoms with Crippen molar-refractivity contribution in [2.24, 2.45) is 0 Å². The summed E-state index contributed by atoms with van der Waals surface area (Å²) in [6.45, 7) is 8.00. The highest BCUT2D eigenvalue weighted by Gasteiger charge is 2.14. The van der Waals surface area contributed by atoms with E-state index in [1.165, 1.54) is 11.3 Å². The number of carbonyl (C=O) groups is 2. The van der Waals surface area contributed by atoms with Gasteiger partial charge in [0.15, 0.2) is 6.29 Å². The third kappa shape index (κ3) is 3.20. The highest BCUT2D eigenvalue weighted by Crippen LogP contribution is 2.36. The second-order valence-electron chi connectivity index (χ2n) is 6.60. The predicted octanol–water partition coefficient (Wildman–Crippen LogP) is 5.83. The molecule has 132 valence electrons. The van der Waals surface area contributed by atoms with Crippen LogP contribution in [0.2, 0.25) is 0 Å². The van der Waals surface area contributed by atoms with Crippen molar-refractivity contribution in [2.75, 3.05) is 0 Å². The SMILES string of the molecule is Cc1cc(-c2cc(C)c(-c3ccc(C(=O)O)s3)c(C)c2)cc(C)c1C=O. The zero-order chi connectivity index (χ0) is 19.0. The van der Waals surface area contributed by atoms with Crippen LogP contribution in [0, 0.1) is 27.7 Å². The Morgan fingerprint density at radius 3 is 1.81 bits per heavy atom. The van der Waals surface area contributed by atoms with E-state index in [0.717, 1.165) is 55.7 Å². The number of carboxylic acids is 1. The maximum Gasteiger partial charge on any atom is 0.345 e. The van der Waals surface area contributed by atoms with Crippen molar-refractivity contribution in [3.63, 3.8) is 0 Å². The molecule has 0 saturated heterocycles. The van der Waals surface area contributed by atoms with Crippen molar-refractivity contribution in [1.29, 1.82) is 0 Å². The molecule has 3 nitrogen and oxygen atoms in total. The van der Waals surface area contributed by atoms with Crippen LogP contribution in [0.25, 0.3) is 21.6 Å². The van der Waals surface area contributed by atoms with Gasteiger partial charge in [-0.2, -0.15) is 0 Å². The molecular formula is C22H20O3S. The number of hydrogen-bond donors (Lipinski definition) is 1. The topological polar surface area (TPSA) is 54.4 Å². The number of aromatic carboxylic acids is 1. The molecule has 0 radical (unpaired) electrons. The lowest BCUT2D eigenvalue weighted by atomic mass is 9.92. The van der Waals surface area contributed by atoms with Gasteiger partial charge in [0.2, 0.25) is 0 Å². The second kappa shape index (κ2) is 6.89. The van der Waals surface area contributed by atoms with Crippen LogP contribution in [0.3, 0.4) is 0 Å². The van der Waals surface area contributed by atoms with Crippen molar-refractivity contribution in [2.45, 2.75) is 27.7 Å². The van der Waals surface area contributed by atoms with E-state index in [0.29, 0.717) is 4.88 Å². The van der Waals surface area contributed by atoms with Gasteiger partial charge in [0.05, 0.1) is 0 Å². The fraction of sp³-hybridized carbons (Fsp3) is 0.182. The molecule has 26 heavy (non-hydrogen) atoms. The Labute approximate surface area is 156 Å². The Bertz CT molecular complexity index is 982. The lowest BCUT2D eigenvalue weighted by molar-refractivity contribution is 0.0702. The predicted molar refractivity (Wildman–Crippen MR) is 106 cm³/mol. The number of benzene rings is 2. The first-order valence-corrected chi connectivity index (χ1v) is 9.15. The summed E-state index contributed by atoms with van der Waals surface area (Å²) in [6, 6.07) is 11.8. The lowest BCUT2D eigenvalue weighted by Crippen LogP contribution is -1.94. The number of hydrogen-bond acceptors (Lipinski definition) is 3. The van der Waals surface area contributed by atoms with E-state index in [9.17, 15) is 9.59 Å². The molecule has 0 atom stereocenters. The van der Waals surface area contributed by atoms with Crippen molar-refractivity contribution in [3.05, 3.63) is 69.1 Å². The fourth-order valence-corrected chi connectivity index (χ4v) is 4.45. The molecule has 0 bridgehead atoms. The van der Waals surface area contributed by atoms with E-state index in [1.807, 2.05) is 45.9 Å². The molecular weight excluding hydrogens is 344 g/mol. The van der Waals surface area contributed by atoms with Crippen molar-refractivity contribution in [1.82, 2.24) is 0 Å². The van der Waals surface area contributed by atoms with E-state index in [1.54, 1.807) is 6.07 Å². The van der Waals surface area contributed by atoms with Crippen LogP contribution >= 0.6 is 11.3 Å². The van der Waals surface area contributed by atoms with Gasteiger partial charge in [-0.3, -0.25) is 4.79 Å². The monoisotopic (exact) mass is 364 g/mol. The Balaban J connectivity index is 2.10. The van der Waals surface area contributed by atoms with Gasteiger partial charge < -0.3 is 5.11 Å². The third-order valence-corrected chi connectivity index (χ3v) is 5.73. The van der Waals surface area contributed by atoms with Crippen LogP contribution in [0.4, 0.5) is 0 Å².